The molecule has 0 saturated heterocycles. The summed E-state index contributed by atoms with van der Waals surface area (Å²) in [5.41, 5.74) is 6.82. The fraction of sp³-hybridized carbons (Fsp3) is 0.417. The minimum atomic E-state index is 0.601. The number of thioether (sulfide) groups is 1. The number of nitrogens with two attached hydrogens (primary N) is 1. The molecular weight excluding hydrogens is 218 g/mol. The molecule has 0 spiro atoms. The third-order valence-electron chi connectivity index (χ3n) is 3.17. The van der Waals surface area contributed by atoms with Crippen molar-refractivity contribution in [3.05, 3.63) is 18.2 Å². The van der Waals surface area contributed by atoms with Gasteiger partial charge in [-0.3, -0.25) is 5.10 Å². The van der Waals surface area contributed by atoms with E-state index in [1.807, 2.05) is 11.8 Å². The van der Waals surface area contributed by atoms with E-state index >= 15 is 0 Å². The van der Waals surface area contributed by atoms with Gasteiger partial charge in [-0.1, -0.05) is 12.8 Å². The van der Waals surface area contributed by atoms with Crippen molar-refractivity contribution in [2.75, 3.05) is 5.73 Å². The molecule has 2 aromatic rings. The maximum absolute atomic E-state index is 5.80. The minimum Gasteiger partial charge on any atom is -0.382 e. The summed E-state index contributed by atoms with van der Waals surface area (Å²) in [6.07, 6.45) is 5.47. The third kappa shape index (κ3) is 1.78. The van der Waals surface area contributed by atoms with Gasteiger partial charge in [-0.25, -0.2) is 0 Å². The molecule has 1 heterocycles. The molecule has 3 N–H and O–H groups in total. The highest BCUT2D eigenvalue weighted by Crippen LogP contribution is 2.36. The van der Waals surface area contributed by atoms with Crippen LogP contribution < -0.4 is 5.73 Å². The van der Waals surface area contributed by atoms with Crippen LogP contribution in [0.4, 0.5) is 5.82 Å². The SMILES string of the molecule is Nc1n[nH]c2ccc(SC3CCCC3)cc12. The molecule has 0 radical (unpaired) electrons. The molecule has 0 amide bonds. The van der Waals surface area contributed by atoms with Crippen molar-refractivity contribution in [1.29, 1.82) is 0 Å². The number of nitrogens with zero attached hydrogens (tertiary/aromatic N) is 1. The zero-order valence-electron chi connectivity index (χ0n) is 9.07. The van der Waals surface area contributed by atoms with Gasteiger partial charge in [0.25, 0.3) is 0 Å². The second-order valence-electron chi connectivity index (χ2n) is 4.34. The Hall–Kier alpha value is -1.16. The van der Waals surface area contributed by atoms with Gasteiger partial charge in [0.05, 0.1) is 5.52 Å². The van der Waals surface area contributed by atoms with Crippen molar-refractivity contribution in [3.63, 3.8) is 0 Å². The predicted octanol–water partition coefficient (Wildman–Crippen LogP) is 3.18. The van der Waals surface area contributed by atoms with Gasteiger partial charge >= 0.3 is 0 Å². The van der Waals surface area contributed by atoms with E-state index in [1.54, 1.807) is 0 Å². The van der Waals surface area contributed by atoms with E-state index in [9.17, 15) is 0 Å². The number of benzene rings is 1. The number of fused-ring (bicyclic) bond motifs is 1. The molecule has 0 aliphatic heterocycles. The molecule has 1 aromatic carbocycles. The van der Waals surface area contributed by atoms with Gasteiger partial charge in [-0.05, 0) is 31.0 Å². The fourth-order valence-electron chi connectivity index (χ4n) is 2.29. The Bertz CT molecular complexity index is 500. The van der Waals surface area contributed by atoms with Crippen molar-refractivity contribution >= 4 is 28.5 Å². The Kier molecular flexibility index (Phi) is 2.52. The Morgan fingerprint density at radius 3 is 2.94 bits per heavy atom. The second kappa shape index (κ2) is 4.01. The molecule has 3 nitrogen and oxygen atoms in total. The summed E-state index contributed by atoms with van der Waals surface area (Å²) in [5.74, 6) is 0.601. The monoisotopic (exact) mass is 233 g/mol. The van der Waals surface area contributed by atoms with Crippen LogP contribution >= 0.6 is 11.8 Å². The largest absolute Gasteiger partial charge is 0.382 e. The Balaban J connectivity index is 1.88. The van der Waals surface area contributed by atoms with E-state index in [2.05, 4.69) is 28.4 Å². The normalized spacial score (nSPS) is 17.2. The zero-order valence-corrected chi connectivity index (χ0v) is 9.89. The van der Waals surface area contributed by atoms with E-state index in [4.69, 9.17) is 5.73 Å². The van der Waals surface area contributed by atoms with Crippen LogP contribution in [0.1, 0.15) is 25.7 Å². The van der Waals surface area contributed by atoms with Crippen molar-refractivity contribution in [2.45, 2.75) is 35.8 Å². The van der Waals surface area contributed by atoms with Gasteiger partial charge in [0.1, 0.15) is 0 Å². The van der Waals surface area contributed by atoms with Crippen LogP contribution in [-0.2, 0) is 0 Å². The lowest BCUT2D eigenvalue weighted by molar-refractivity contribution is 0.886. The Labute approximate surface area is 98.8 Å². The van der Waals surface area contributed by atoms with Crippen molar-refractivity contribution in [2.24, 2.45) is 0 Å². The van der Waals surface area contributed by atoms with Crippen LogP contribution in [0.2, 0.25) is 0 Å². The maximum atomic E-state index is 5.80. The summed E-state index contributed by atoms with van der Waals surface area (Å²) in [5, 5.41) is 8.78. The fourth-order valence-corrected chi connectivity index (χ4v) is 3.57. The average molecular weight is 233 g/mol. The Morgan fingerprint density at radius 2 is 2.12 bits per heavy atom. The van der Waals surface area contributed by atoms with E-state index in [1.165, 1.54) is 30.6 Å². The predicted molar refractivity (Wildman–Crippen MR) is 68.6 cm³/mol. The summed E-state index contributed by atoms with van der Waals surface area (Å²) < 4.78 is 0. The molecule has 3 rings (SSSR count). The Morgan fingerprint density at radius 1 is 1.31 bits per heavy atom. The average Bonchev–Trinajstić information content (AvgIpc) is 2.90. The molecule has 1 aliphatic carbocycles. The number of anilines is 1. The van der Waals surface area contributed by atoms with E-state index in [-0.39, 0.29) is 0 Å². The summed E-state index contributed by atoms with van der Waals surface area (Å²) >= 11 is 1.98. The van der Waals surface area contributed by atoms with Gasteiger partial charge < -0.3 is 5.73 Å². The van der Waals surface area contributed by atoms with Crippen LogP contribution in [0.5, 0.6) is 0 Å². The molecule has 84 valence electrons. The lowest BCUT2D eigenvalue weighted by Crippen LogP contribution is -1.92. The van der Waals surface area contributed by atoms with Crippen molar-refractivity contribution in [3.8, 4) is 0 Å². The van der Waals surface area contributed by atoms with Crippen molar-refractivity contribution < 1.29 is 0 Å². The summed E-state index contributed by atoms with van der Waals surface area (Å²) in [4.78, 5) is 1.31. The van der Waals surface area contributed by atoms with E-state index < -0.39 is 0 Å². The van der Waals surface area contributed by atoms with Gasteiger partial charge in [-0.15, -0.1) is 11.8 Å². The van der Waals surface area contributed by atoms with Crippen LogP contribution in [-0.4, -0.2) is 15.4 Å². The number of aromatic nitrogens is 2. The standard InChI is InChI=1S/C12H15N3S/c13-12-10-7-9(5-6-11(10)14-15-12)16-8-3-1-2-4-8/h5-8H,1-4H2,(H3,13,14,15). The first-order chi connectivity index (χ1) is 7.83. The first-order valence-corrected chi connectivity index (χ1v) is 6.61. The van der Waals surface area contributed by atoms with Crippen LogP contribution in [0.3, 0.4) is 0 Å². The van der Waals surface area contributed by atoms with Crippen LogP contribution in [0.25, 0.3) is 10.9 Å². The molecule has 4 heteroatoms. The van der Waals surface area contributed by atoms with Crippen molar-refractivity contribution in [1.82, 2.24) is 10.2 Å². The first kappa shape index (κ1) is 10.0. The summed E-state index contributed by atoms with van der Waals surface area (Å²) in [6, 6.07) is 6.37. The zero-order chi connectivity index (χ0) is 11.0. The lowest BCUT2D eigenvalue weighted by atomic mass is 10.2. The second-order valence-corrected chi connectivity index (χ2v) is 5.71. The molecule has 1 fully saturated rings. The number of aromatic amines is 1. The molecular formula is C12H15N3S. The third-order valence-corrected chi connectivity index (χ3v) is 4.50. The van der Waals surface area contributed by atoms with Gasteiger partial charge in [0, 0.05) is 15.5 Å². The molecule has 1 saturated carbocycles. The van der Waals surface area contributed by atoms with Crippen LogP contribution in [0.15, 0.2) is 23.1 Å². The number of H-pyrrole nitrogens is 1. The molecule has 0 unspecified atom stereocenters. The van der Waals surface area contributed by atoms with E-state index in [0.717, 1.165) is 16.2 Å². The number of hydrogen-bond acceptors (Lipinski definition) is 3. The van der Waals surface area contributed by atoms with E-state index in [0.29, 0.717) is 5.82 Å². The highest BCUT2D eigenvalue weighted by atomic mass is 32.2. The quantitative estimate of drug-likeness (QED) is 0.837. The molecule has 16 heavy (non-hydrogen) atoms. The van der Waals surface area contributed by atoms with Gasteiger partial charge in [-0.2, -0.15) is 5.10 Å². The highest BCUT2D eigenvalue weighted by Gasteiger charge is 2.16. The number of hydrogen-bond donors (Lipinski definition) is 2. The number of nitrogens with one attached hydrogen (secondary N) is 1. The molecule has 1 aliphatic rings. The number of nitrogen functional groups attached to an aromatic ring is 1. The lowest BCUT2D eigenvalue weighted by Gasteiger charge is -2.08. The molecule has 0 atom stereocenters. The molecule has 0 bridgehead atoms. The minimum absolute atomic E-state index is 0.601. The summed E-state index contributed by atoms with van der Waals surface area (Å²) in [7, 11) is 0. The van der Waals surface area contributed by atoms with Gasteiger partial charge in [0.15, 0.2) is 5.82 Å². The first-order valence-electron chi connectivity index (χ1n) is 5.73. The van der Waals surface area contributed by atoms with Crippen LogP contribution in [0, 0.1) is 0 Å². The number of rotatable bonds is 2. The molecule has 1 aromatic heterocycles. The highest BCUT2D eigenvalue weighted by molar-refractivity contribution is 8.00. The topological polar surface area (TPSA) is 54.7 Å². The smallest absolute Gasteiger partial charge is 0.153 e. The van der Waals surface area contributed by atoms with Gasteiger partial charge in [0.2, 0.25) is 0 Å². The maximum Gasteiger partial charge on any atom is 0.153 e. The summed E-state index contributed by atoms with van der Waals surface area (Å²) in [6.45, 7) is 0.